The molecule has 9 aromatic rings. The van der Waals surface area contributed by atoms with E-state index in [0.29, 0.717) is 50.7 Å². The molecule has 0 saturated heterocycles. The molecule has 2 aromatic heterocycles. The van der Waals surface area contributed by atoms with E-state index in [-0.39, 0.29) is 23.4 Å². The summed E-state index contributed by atoms with van der Waals surface area (Å²) in [6.07, 6.45) is 2.13. The highest BCUT2D eigenvalue weighted by Crippen LogP contribution is 2.48. The maximum atomic E-state index is 9.35. The second-order valence-corrected chi connectivity index (χ2v) is 14.0. The minimum absolute atomic E-state index is 0.0247. The number of aromatic nitrogens is 3. The van der Waals surface area contributed by atoms with Crippen LogP contribution in [0.25, 0.3) is 78.0 Å². The van der Waals surface area contributed by atoms with Crippen LogP contribution in [0.1, 0.15) is 25.2 Å². The van der Waals surface area contributed by atoms with Crippen molar-refractivity contribution in [1.82, 2.24) is 15.0 Å². The number of allylic oxidation sites excluding steroid dienone is 6. The van der Waals surface area contributed by atoms with Gasteiger partial charge in [0.1, 0.15) is 11.2 Å². The lowest BCUT2D eigenvalue weighted by Crippen LogP contribution is -2.27. The van der Waals surface area contributed by atoms with Crippen LogP contribution >= 0.6 is 0 Å². The van der Waals surface area contributed by atoms with Gasteiger partial charge in [0.25, 0.3) is 0 Å². The van der Waals surface area contributed by atoms with E-state index in [1.807, 2.05) is 97.1 Å². The lowest BCUT2D eigenvalue weighted by Gasteiger charge is -2.27. The number of rotatable bonds is 5. The van der Waals surface area contributed by atoms with Crippen LogP contribution in [0.3, 0.4) is 0 Å². The first-order valence-corrected chi connectivity index (χ1v) is 18.8. The fourth-order valence-corrected chi connectivity index (χ4v) is 7.89. The summed E-state index contributed by atoms with van der Waals surface area (Å²) < 4.78 is 94.4. The number of nitrogens with zero attached hydrogens (tertiary/aromatic N) is 4. The molecule has 3 heterocycles. The summed E-state index contributed by atoms with van der Waals surface area (Å²) in [5.41, 5.74) is 5.75. The second-order valence-electron chi connectivity index (χ2n) is 14.0. The van der Waals surface area contributed by atoms with Crippen LogP contribution in [0.2, 0.25) is 0 Å². The molecule has 0 fully saturated rings. The number of benzene rings is 7. The first-order valence-electron chi connectivity index (χ1n) is 23.8. The van der Waals surface area contributed by atoms with Crippen molar-refractivity contribution in [2.45, 2.75) is 12.0 Å². The van der Waals surface area contributed by atoms with E-state index in [9.17, 15) is 2.74 Å². The molecular formula is C53H36N4O. The van der Waals surface area contributed by atoms with E-state index in [1.165, 1.54) is 0 Å². The highest BCUT2D eigenvalue weighted by Gasteiger charge is 2.36. The average molecular weight is 755 g/mol. The minimum atomic E-state index is -1.22. The van der Waals surface area contributed by atoms with Crippen molar-refractivity contribution in [2.24, 2.45) is 0 Å². The quantitative estimate of drug-likeness (QED) is 0.175. The Bertz CT molecular complexity index is 3720. The van der Waals surface area contributed by atoms with E-state index >= 15 is 0 Å². The van der Waals surface area contributed by atoms with Gasteiger partial charge in [0, 0.05) is 50.8 Å². The monoisotopic (exact) mass is 754 g/mol. The minimum Gasteiger partial charge on any atom is -0.456 e. The molecule has 1 aliphatic carbocycles. The van der Waals surface area contributed by atoms with Gasteiger partial charge in [0.2, 0.25) is 0 Å². The van der Waals surface area contributed by atoms with Crippen LogP contribution in [0.5, 0.6) is 0 Å². The number of furan rings is 1. The fourth-order valence-electron chi connectivity index (χ4n) is 7.89. The van der Waals surface area contributed by atoms with E-state index in [1.54, 1.807) is 17.0 Å². The number of para-hydroxylation sites is 1. The smallest absolute Gasteiger partial charge is 0.164 e. The summed E-state index contributed by atoms with van der Waals surface area (Å²) in [6.45, 7) is 0. The summed E-state index contributed by atoms with van der Waals surface area (Å²) in [6, 6.07) is 37.4. The van der Waals surface area contributed by atoms with Gasteiger partial charge < -0.3 is 9.32 Å². The molecule has 2 aliphatic rings. The molecule has 0 amide bonds. The molecule has 2 unspecified atom stereocenters. The molecule has 0 saturated carbocycles. The lowest BCUT2D eigenvalue weighted by atomic mass is 9.93. The van der Waals surface area contributed by atoms with E-state index in [4.69, 9.17) is 30.3 Å². The molecule has 0 spiro atoms. The largest absolute Gasteiger partial charge is 0.456 e. The number of fused-ring (bicyclic) bond motifs is 7. The molecular weight excluding hydrogens is 709 g/mol. The van der Waals surface area contributed by atoms with Crippen molar-refractivity contribution in [3.05, 3.63) is 212 Å². The molecule has 0 radical (unpaired) electrons. The van der Waals surface area contributed by atoms with Gasteiger partial charge in [-0.3, -0.25) is 0 Å². The van der Waals surface area contributed by atoms with E-state index < -0.39 is 60.3 Å². The van der Waals surface area contributed by atoms with Crippen LogP contribution in [-0.4, -0.2) is 21.0 Å². The number of hydrogen-bond acceptors (Lipinski definition) is 5. The van der Waals surface area contributed by atoms with Crippen molar-refractivity contribution in [3.8, 4) is 45.3 Å². The maximum absolute atomic E-state index is 9.35. The van der Waals surface area contributed by atoms with Gasteiger partial charge in [0.15, 0.2) is 17.5 Å². The molecule has 0 N–H and O–H groups in total. The van der Waals surface area contributed by atoms with E-state index in [2.05, 4.69) is 24.3 Å². The summed E-state index contributed by atoms with van der Waals surface area (Å²) in [4.78, 5) is 16.8. The maximum Gasteiger partial charge on any atom is 0.164 e. The van der Waals surface area contributed by atoms with Crippen molar-refractivity contribution < 1.29 is 18.1 Å². The number of hydrogen-bond donors (Lipinski definition) is 0. The Balaban J connectivity index is 1.09. The first-order chi connectivity index (χ1) is 32.9. The van der Waals surface area contributed by atoms with Gasteiger partial charge >= 0.3 is 0 Å². The van der Waals surface area contributed by atoms with Crippen LogP contribution in [0, 0.1) is 0 Å². The molecule has 5 nitrogen and oxygen atoms in total. The molecule has 2 atom stereocenters. The zero-order valence-electron chi connectivity index (χ0n) is 40.7. The van der Waals surface area contributed by atoms with Gasteiger partial charge in [-0.25, -0.2) is 15.0 Å². The standard InChI is InChI=1S/C53H36N4O/c1-2-4-9-22-46-42(19-8-3-1)43-20-12-13-23-47(43)57(46)41-31-32-44-49(34-41)58-48-24-14-21-45(50(44)48)53-55-51(38-28-25-37(26-29-38)35-15-6-5-7-16-35)54-52(56-53)40-30-27-36-17-10-11-18-39(36)33-40/h1-34,42,46H/b3-1-,4-2-,19-8+,22-9+/i1D,2D,3D,4D,12D,13D,19D,20D,22D,23D. The van der Waals surface area contributed by atoms with Gasteiger partial charge in [-0.05, 0) is 57.8 Å². The lowest BCUT2D eigenvalue weighted by molar-refractivity contribution is 0.668. The fraction of sp³-hybridized carbons (Fsp3) is 0.0377. The zero-order valence-corrected chi connectivity index (χ0v) is 30.7. The molecule has 58 heavy (non-hydrogen) atoms. The SMILES string of the molecule is [2H]C1=C([2H])/C([2H])=C([2H])\C=C(/[2H])C2C(\C([2H])=C\1)c1c([2H])c([2H])c([2H])c([2H])c1N2c1ccc2c(c1)oc1cccc(-c3nc(-c4ccc(-c5ccccc5)cc4)nc(-c4ccc5ccccc5c4)n3)c12. The normalized spacial score (nSPS) is 23.7. The summed E-state index contributed by atoms with van der Waals surface area (Å²) >= 11 is 0. The van der Waals surface area contributed by atoms with Gasteiger partial charge in [-0.2, -0.15) is 0 Å². The Kier molecular flexibility index (Phi) is 6.05. The molecule has 1 aliphatic heterocycles. The van der Waals surface area contributed by atoms with Gasteiger partial charge in [-0.1, -0.05) is 170 Å². The van der Waals surface area contributed by atoms with Crippen molar-refractivity contribution in [3.63, 3.8) is 0 Å². The average Bonchev–Trinajstić information content (AvgIpc) is 3.93. The second kappa shape index (κ2) is 14.1. The highest BCUT2D eigenvalue weighted by molar-refractivity contribution is 6.12. The molecule has 274 valence electrons. The third-order valence-electron chi connectivity index (χ3n) is 10.6. The topological polar surface area (TPSA) is 55.1 Å². The van der Waals surface area contributed by atoms with Crippen molar-refractivity contribution >= 4 is 44.1 Å². The Morgan fingerprint density at radius 1 is 0.534 bits per heavy atom. The number of anilines is 2. The Morgan fingerprint density at radius 3 is 2.10 bits per heavy atom. The predicted molar refractivity (Wildman–Crippen MR) is 238 cm³/mol. The summed E-state index contributed by atoms with van der Waals surface area (Å²) in [5, 5.41) is 3.51. The molecule has 5 heteroatoms. The van der Waals surface area contributed by atoms with Gasteiger partial charge in [0.05, 0.1) is 19.7 Å². The predicted octanol–water partition coefficient (Wildman–Crippen LogP) is 13.4. The van der Waals surface area contributed by atoms with Gasteiger partial charge in [-0.15, -0.1) is 0 Å². The van der Waals surface area contributed by atoms with Crippen LogP contribution < -0.4 is 4.90 Å². The first kappa shape index (κ1) is 24.8. The van der Waals surface area contributed by atoms with Crippen molar-refractivity contribution in [2.75, 3.05) is 4.90 Å². The molecule has 0 bridgehead atoms. The van der Waals surface area contributed by atoms with Crippen molar-refractivity contribution in [1.29, 1.82) is 0 Å². The summed E-state index contributed by atoms with van der Waals surface area (Å²) in [7, 11) is 0. The molecule has 11 rings (SSSR count). The molecule has 7 aromatic carbocycles. The summed E-state index contributed by atoms with van der Waals surface area (Å²) in [5.74, 6) is 0.136. The Hall–Kier alpha value is -7.63. The van der Waals surface area contributed by atoms with E-state index in [0.717, 1.165) is 45.2 Å². The van der Waals surface area contributed by atoms with Crippen LogP contribution in [0.15, 0.2) is 211 Å². The Labute approximate surface area is 350 Å². The van der Waals surface area contributed by atoms with Crippen LogP contribution in [-0.2, 0) is 0 Å². The van der Waals surface area contributed by atoms with Crippen LogP contribution in [0.4, 0.5) is 11.4 Å². The highest BCUT2D eigenvalue weighted by atomic mass is 16.3. The third-order valence-corrected chi connectivity index (χ3v) is 10.6. The zero-order chi connectivity index (χ0) is 47.1. The third kappa shape index (κ3) is 5.92. The Morgan fingerprint density at radius 2 is 1.24 bits per heavy atom.